The molecule has 0 bridgehead atoms. The molecule has 1 saturated heterocycles. The molecule has 1 heterocycles. The highest BCUT2D eigenvalue weighted by Gasteiger charge is 2.19. The van der Waals surface area contributed by atoms with Gasteiger partial charge in [-0.2, -0.15) is 0 Å². The predicted octanol–water partition coefficient (Wildman–Crippen LogP) is 0.670. The van der Waals surface area contributed by atoms with Crippen LogP contribution in [0.2, 0.25) is 0 Å². The maximum Gasteiger partial charge on any atom is 0.155 e. The van der Waals surface area contributed by atoms with E-state index >= 15 is 0 Å². The number of aliphatic hydroxyl groups excluding tert-OH is 1. The lowest BCUT2D eigenvalue weighted by Gasteiger charge is -2.01. The van der Waals surface area contributed by atoms with Gasteiger partial charge in [-0.3, -0.25) is 0 Å². The molecule has 1 N–H and O–H groups in total. The van der Waals surface area contributed by atoms with Crippen molar-refractivity contribution in [2.24, 2.45) is 0 Å². The molecule has 0 aromatic carbocycles. The van der Waals surface area contributed by atoms with E-state index in [1.807, 2.05) is 0 Å². The van der Waals surface area contributed by atoms with Gasteiger partial charge in [-0.15, -0.1) is 6.58 Å². The van der Waals surface area contributed by atoms with Crippen molar-refractivity contribution in [3.63, 3.8) is 0 Å². The van der Waals surface area contributed by atoms with Gasteiger partial charge in [-0.1, -0.05) is 6.08 Å². The first-order valence-corrected chi connectivity index (χ1v) is 2.79. The van der Waals surface area contributed by atoms with Crippen molar-refractivity contribution in [1.82, 2.24) is 0 Å². The Balaban J connectivity index is 2.32. The molecule has 46 valence electrons. The van der Waals surface area contributed by atoms with Gasteiger partial charge in [0.2, 0.25) is 0 Å². The highest BCUT2D eigenvalue weighted by molar-refractivity contribution is 4.83. The third kappa shape index (κ3) is 1.08. The number of ether oxygens (including phenoxy) is 1. The summed E-state index contributed by atoms with van der Waals surface area (Å²) < 4.78 is 4.95. The molecule has 1 aliphatic heterocycles. The third-order valence-corrected chi connectivity index (χ3v) is 1.29. The fourth-order valence-corrected chi connectivity index (χ4v) is 0.818. The van der Waals surface area contributed by atoms with E-state index in [0.717, 1.165) is 12.8 Å². The van der Waals surface area contributed by atoms with Crippen LogP contribution in [-0.4, -0.2) is 17.5 Å². The van der Waals surface area contributed by atoms with Gasteiger partial charge >= 0.3 is 0 Å². The molecule has 0 amide bonds. The van der Waals surface area contributed by atoms with Crippen molar-refractivity contribution in [3.8, 4) is 0 Å². The smallest absolute Gasteiger partial charge is 0.155 e. The van der Waals surface area contributed by atoms with Gasteiger partial charge in [0.25, 0.3) is 0 Å². The van der Waals surface area contributed by atoms with Crippen molar-refractivity contribution in [2.45, 2.75) is 25.2 Å². The van der Waals surface area contributed by atoms with Crippen LogP contribution in [0.5, 0.6) is 0 Å². The summed E-state index contributed by atoms with van der Waals surface area (Å²) in [5.41, 5.74) is 0. The zero-order chi connectivity index (χ0) is 5.98. The van der Waals surface area contributed by atoms with Crippen molar-refractivity contribution in [1.29, 1.82) is 0 Å². The van der Waals surface area contributed by atoms with Gasteiger partial charge in [-0.25, -0.2) is 0 Å². The van der Waals surface area contributed by atoms with Gasteiger partial charge in [0, 0.05) is 6.42 Å². The summed E-state index contributed by atoms with van der Waals surface area (Å²) in [5.74, 6) is 0. The minimum atomic E-state index is -0.544. The first-order valence-electron chi connectivity index (χ1n) is 2.79. The Labute approximate surface area is 48.8 Å². The van der Waals surface area contributed by atoms with E-state index in [0.29, 0.717) is 0 Å². The first kappa shape index (κ1) is 5.79. The highest BCUT2D eigenvalue weighted by atomic mass is 16.6. The first-order chi connectivity index (χ1) is 3.83. The molecule has 1 aliphatic rings. The lowest BCUT2D eigenvalue weighted by Crippen LogP contribution is -2.06. The average molecular weight is 114 g/mol. The number of hydrogen-bond acceptors (Lipinski definition) is 2. The van der Waals surface area contributed by atoms with Crippen LogP contribution in [0.15, 0.2) is 12.7 Å². The summed E-state index contributed by atoms with van der Waals surface area (Å²) in [6, 6.07) is 0. The standard InChI is InChI=1S/C6H10O2/c1-2-5-3-4-6(7)8-5/h2,5-7H,1,3-4H2/t5-,6-/m0/s1. The van der Waals surface area contributed by atoms with E-state index in [1.54, 1.807) is 6.08 Å². The van der Waals surface area contributed by atoms with E-state index in [4.69, 9.17) is 9.84 Å². The molecule has 1 rings (SSSR count). The van der Waals surface area contributed by atoms with Crippen LogP contribution < -0.4 is 0 Å². The number of rotatable bonds is 1. The number of aliphatic hydroxyl groups is 1. The molecule has 2 heteroatoms. The normalized spacial score (nSPS) is 37.6. The Morgan fingerprint density at radius 1 is 1.62 bits per heavy atom. The fraction of sp³-hybridized carbons (Fsp3) is 0.667. The van der Waals surface area contributed by atoms with E-state index in [9.17, 15) is 0 Å². The lowest BCUT2D eigenvalue weighted by atomic mass is 10.2. The SMILES string of the molecule is C=C[C@H]1CC[C@@H](O)O1. The minimum absolute atomic E-state index is 0.0880. The highest BCUT2D eigenvalue weighted by Crippen LogP contribution is 2.17. The summed E-state index contributed by atoms with van der Waals surface area (Å²) in [7, 11) is 0. The summed E-state index contributed by atoms with van der Waals surface area (Å²) in [6.07, 6.45) is 2.92. The molecular formula is C6H10O2. The predicted molar refractivity (Wildman–Crippen MR) is 30.3 cm³/mol. The van der Waals surface area contributed by atoms with Crippen molar-refractivity contribution in [2.75, 3.05) is 0 Å². The van der Waals surface area contributed by atoms with Crippen molar-refractivity contribution >= 4 is 0 Å². The van der Waals surface area contributed by atoms with Gasteiger partial charge < -0.3 is 9.84 Å². The molecule has 0 unspecified atom stereocenters. The molecule has 0 aliphatic carbocycles. The van der Waals surface area contributed by atoms with E-state index in [2.05, 4.69) is 6.58 Å². The molecule has 1 fully saturated rings. The topological polar surface area (TPSA) is 29.5 Å². The van der Waals surface area contributed by atoms with Crippen LogP contribution in [0.25, 0.3) is 0 Å². The molecule has 2 atom stereocenters. The summed E-state index contributed by atoms with van der Waals surface area (Å²) in [5, 5.41) is 8.76. The lowest BCUT2D eigenvalue weighted by molar-refractivity contribution is -0.0777. The van der Waals surface area contributed by atoms with E-state index in [-0.39, 0.29) is 6.10 Å². The molecular weight excluding hydrogens is 104 g/mol. The summed E-state index contributed by atoms with van der Waals surface area (Å²) in [6.45, 7) is 3.54. The fourth-order valence-electron chi connectivity index (χ4n) is 0.818. The Hall–Kier alpha value is -0.340. The van der Waals surface area contributed by atoms with Crippen molar-refractivity contribution < 1.29 is 9.84 Å². The van der Waals surface area contributed by atoms with Crippen LogP contribution >= 0.6 is 0 Å². The zero-order valence-corrected chi connectivity index (χ0v) is 4.71. The van der Waals surface area contributed by atoms with Gasteiger partial charge in [0.05, 0.1) is 6.10 Å². The third-order valence-electron chi connectivity index (χ3n) is 1.29. The maximum atomic E-state index is 8.76. The largest absolute Gasteiger partial charge is 0.368 e. The second-order valence-corrected chi connectivity index (χ2v) is 1.94. The summed E-state index contributed by atoms with van der Waals surface area (Å²) >= 11 is 0. The van der Waals surface area contributed by atoms with Gasteiger partial charge in [-0.05, 0) is 6.42 Å². The zero-order valence-electron chi connectivity index (χ0n) is 4.71. The van der Waals surface area contributed by atoms with Crippen LogP contribution in [0.4, 0.5) is 0 Å². The quantitative estimate of drug-likeness (QED) is 0.508. The van der Waals surface area contributed by atoms with Crippen LogP contribution in [-0.2, 0) is 4.74 Å². The Kier molecular flexibility index (Phi) is 1.65. The van der Waals surface area contributed by atoms with Crippen molar-refractivity contribution in [3.05, 3.63) is 12.7 Å². The molecule has 0 radical (unpaired) electrons. The molecule has 0 aromatic rings. The van der Waals surface area contributed by atoms with E-state index < -0.39 is 6.29 Å². The molecule has 0 aromatic heterocycles. The second-order valence-electron chi connectivity index (χ2n) is 1.94. The van der Waals surface area contributed by atoms with Crippen LogP contribution in [0, 0.1) is 0 Å². The molecule has 0 spiro atoms. The van der Waals surface area contributed by atoms with Gasteiger partial charge in [0.1, 0.15) is 0 Å². The van der Waals surface area contributed by atoms with Gasteiger partial charge in [0.15, 0.2) is 6.29 Å². The molecule has 0 saturated carbocycles. The molecule has 2 nitrogen and oxygen atoms in total. The Bertz CT molecular complexity index is 90.5. The van der Waals surface area contributed by atoms with Crippen LogP contribution in [0.1, 0.15) is 12.8 Å². The average Bonchev–Trinajstić information content (AvgIpc) is 2.14. The Morgan fingerprint density at radius 2 is 2.38 bits per heavy atom. The van der Waals surface area contributed by atoms with E-state index in [1.165, 1.54) is 0 Å². The maximum absolute atomic E-state index is 8.76. The summed E-state index contributed by atoms with van der Waals surface area (Å²) in [4.78, 5) is 0. The molecule has 8 heavy (non-hydrogen) atoms. The number of hydrogen-bond donors (Lipinski definition) is 1. The van der Waals surface area contributed by atoms with Crippen LogP contribution in [0.3, 0.4) is 0 Å². The minimum Gasteiger partial charge on any atom is -0.368 e. The Morgan fingerprint density at radius 3 is 2.62 bits per heavy atom. The monoisotopic (exact) mass is 114 g/mol. The second kappa shape index (κ2) is 2.29.